The van der Waals surface area contributed by atoms with Crippen molar-refractivity contribution in [2.24, 2.45) is 11.8 Å². The van der Waals surface area contributed by atoms with Crippen LogP contribution in [0.1, 0.15) is 39.0 Å². The maximum absolute atomic E-state index is 11.0. The van der Waals surface area contributed by atoms with E-state index in [1.54, 1.807) is 0 Å². The number of carbonyl (C=O) groups excluding carboxylic acids is 1. The van der Waals surface area contributed by atoms with E-state index in [4.69, 9.17) is 0 Å². The summed E-state index contributed by atoms with van der Waals surface area (Å²) in [6.45, 7) is 4.44. The number of amides is 1. The van der Waals surface area contributed by atoms with E-state index in [2.05, 4.69) is 17.6 Å². The van der Waals surface area contributed by atoms with Gasteiger partial charge in [-0.3, -0.25) is 4.79 Å². The monoisotopic (exact) mass is 210 g/mol. The zero-order valence-electron chi connectivity index (χ0n) is 9.59. The lowest BCUT2D eigenvalue weighted by molar-refractivity contribution is -0.119. The maximum Gasteiger partial charge on any atom is 0.220 e. The molecule has 0 aromatic carbocycles. The molecule has 1 amide bonds. The molecule has 2 aliphatic rings. The van der Waals surface area contributed by atoms with E-state index in [0.29, 0.717) is 12.5 Å². The van der Waals surface area contributed by atoms with Gasteiger partial charge in [-0.1, -0.05) is 13.3 Å². The second-order valence-corrected chi connectivity index (χ2v) is 5.25. The zero-order valence-corrected chi connectivity index (χ0v) is 9.59. The summed E-state index contributed by atoms with van der Waals surface area (Å²) in [4.78, 5) is 11.0. The lowest BCUT2D eigenvalue weighted by Gasteiger charge is -2.14. The van der Waals surface area contributed by atoms with Gasteiger partial charge in [0.15, 0.2) is 0 Å². The third kappa shape index (κ3) is 3.20. The van der Waals surface area contributed by atoms with Gasteiger partial charge in [-0.2, -0.15) is 0 Å². The second-order valence-electron chi connectivity index (χ2n) is 5.25. The topological polar surface area (TPSA) is 41.1 Å². The summed E-state index contributed by atoms with van der Waals surface area (Å²) in [5.41, 5.74) is 0. The molecule has 0 aromatic rings. The van der Waals surface area contributed by atoms with Crippen LogP contribution in [0.5, 0.6) is 0 Å². The van der Waals surface area contributed by atoms with E-state index >= 15 is 0 Å². The molecule has 2 fully saturated rings. The highest BCUT2D eigenvalue weighted by Gasteiger charge is 2.23. The Morgan fingerprint density at radius 3 is 2.80 bits per heavy atom. The Balaban J connectivity index is 1.57. The SMILES string of the molecule is CC1CCC(CNCC2CCC(=O)N2)C1. The second kappa shape index (κ2) is 4.97. The van der Waals surface area contributed by atoms with E-state index in [0.717, 1.165) is 31.3 Å². The number of hydrogen-bond donors (Lipinski definition) is 2. The molecular formula is C12H22N2O. The predicted octanol–water partition coefficient (Wildman–Crippen LogP) is 1.29. The van der Waals surface area contributed by atoms with E-state index in [1.807, 2.05) is 0 Å². The smallest absolute Gasteiger partial charge is 0.220 e. The number of nitrogens with one attached hydrogen (secondary N) is 2. The van der Waals surface area contributed by atoms with Crippen molar-refractivity contribution in [3.05, 3.63) is 0 Å². The molecule has 1 saturated carbocycles. The molecule has 15 heavy (non-hydrogen) atoms. The van der Waals surface area contributed by atoms with Crippen molar-refractivity contribution in [3.63, 3.8) is 0 Å². The average molecular weight is 210 g/mol. The van der Waals surface area contributed by atoms with Crippen molar-refractivity contribution in [2.45, 2.75) is 45.1 Å². The highest BCUT2D eigenvalue weighted by molar-refractivity contribution is 5.78. The Morgan fingerprint density at radius 2 is 2.20 bits per heavy atom. The summed E-state index contributed by atoms with van der Waals surface area (Å²) in [5.74, 6) is 2.01. The number of carbonyl (C=O) groups is 1. The van der Waals surface area contributed by atoms with Gasteiger partial charge in [0, 0.05) is 19.0 Å². The summed E-state index contributed by atoms with van der Waals surface area (Å²) in [5, 5.41) is 6.48. The van der Waals surface area contributed by atoms with Crippen LogP contribution >= 0.6 is 0 Å². The molecule has 3 atom stereocenters. The fourth-order valence-corrected chi connectivity index (χ4v) is 2.80. The molecule has 3 unspecified atom stereocenters. The van der Waals surface area contributed by atoms with Gasteiger partial charge in [0.2, 0.25) is 5.91 Å². The Morgan fingerprint density at radius 1 is 1.33 bits per heavy atom. The van der Waals surface area contributed by atoms with Gasteiger partial charge < -0.3 is 10.6 Å². The fourth-order valence-electron chi connectivity index (χ4n) is 2.80. The minimum absolute atomic E-state index is 0.219. The predicted molar refractivity (Wildman–Crippen MR) is 60.5 cm³/mol. The maximum atomic E-state index is 11.0. The molecule has 3 nitrogen and oxygen atoms in total. The third-order valence-electron chi connectivity index (χ3n) is 3.71. The summed E-state index contributed by atoms with van der Waals surface area (Å²) in [7, 11) is 0. The van der Waals surface area contributed by atoms with E-state index in [1.165, 1.54) is 19.3 Å². The van der Waals surface area contributed by atoms with Crippen LogP contribution in [0.15, 0.2) is 0 Å². The number of hydrogen-bond acceptors (Lipinski definition) is 2. The Bertz CT molecular complexity index is 230. The Kier molecular flexibility index (Phi) is 3.62. The van der Waals surface area contributed by atoms with Crippen LogP contribution in [-0.4, -0.2) is 25.0 Å². The van der Waals surface area contributed by atoms with Crippen molar-refractivity contribution in [1.82, 2.24) is 10.6 Å². The van der Waals surface area contributed by atoms with Crippen LogP contribution in [0.3, 0.4) is 0 Å². The van der Waals surface area contributed by atoms with Crippen molar-refractivity contribution in [3.8, 4) is 0 Å². The van der Waals surface area contributed by atoms with Gasteiger partial charge in [0.05, 0.1) is 0 Å². The first-order valence-corrected chi connectivity index (χ1v) is 6.24. The molecule has 3 heteroatoms. The van der Waals surface area contributed by atoms with Gasteiger partial charge in [-0.25, -0.2) is 0 Å². The lowest BCUT2D eigenvalue weighted by Crippen LogP contribution is -2.37. The minimum Gasteiger partial charge on any atom is -0.352 e. The Labute approximate surface area is 92.0 Å². The van der Waals surface area contributed by atoms with Crippen LogP contribution in [0.2, 0.25) is 0 Å². The summed E-state index contributed by atoms with van der Waals surface area (Å²) < 4.78 is 0. The zero-order chi connectivity index (χ0) is 10.7. The van der Waals surface area contributed by atoms with Crippen molar-refractivity contribution < 1.29 is 4.79 Å². The standard InChI is InChI=1S/C12H22N2O/c1-9-2-3-10(6-9)7-13-8-11-4-5-12(15)14-11/h9-11,13H,2-8H2,1H3,(H,14,15). The van der Waals surface area contributed by atoms with Crippen molar-refractivity contribution in [1.29, 1.82) is 0 Å². The molecule has 1 aliphatic heterocycles. The van der Waals surface area contributed by atoms with Crippen LogP contribution in [0.4, 0.5) is 0 Å². The molecule has 1 heterocycles. The van der Waals surface area contributed by atoms with Crippen LogP contribution in [-0.2, 0) is 4.79 Å². The molecule has 2 rings (SSSR count). The minimum atomic E-state index is 0.219. The Hall–Kier alpha value is -0.570. The van der Waals surface area contributed by atoms with Crippen molar-refractivity contribution >= 4 is 5.91 Å². The molecule has 1 saturated heterocycles. The largest absolute Gasteiger partial charge is 0.352 e. The molecule has 2 N–H and O–H groups in total. The van der Waals surface area contributed by atoms with E-state index < -0.39 is 0 Å². The quantitative estimate of drug-likeness (QED) is 0.734. The van der Waals surface area contributed by atoms with Gasteiger partial charge >= 0.3 is 0 Å². The van der Waals surface area contributed by atoms with Crippen molar-refractivity contribution in [2.75, 3.05) is 13.1 Å². The summed E-state index contributed by atoms with van der Waals surface area (Å²) in [6.07, 6.45) is 5.88. The third-order valence-corrected chi connectivity index (χ3v) is 3.71. The van der Waals surface area contributed by atoms with Crippen LogP contribution in [0, 0.1) is 11.8 Å². The van der Waals surface area contributed by atoms with E-state index in [-0.39, 0.29) is 5.91 Å². The first-order chi connectivity index (χ1) is 7.24. The molecular weight excluding hydrogens is 188 g/mol. The van der Waals surface area contributed by atoms with Gasteiger partial charge in [0.1, 0.15) is 0 Å². The highest BCUT2D eigenvalue weighted by atomic mass is 16.1. The lowest BCUT2D eigenvalue weighted by atomic mass is 10.1. The number of rotatable bonds is 4. The molecule has 0 radical (unpaired) electrons. The van der Waals surface area contributed by atoms with Gasteiger partial charge in [0.25, 0.3) is 0 Å². The van der Waals surface area contributed by atoms with Crippen LogP contribution in [0.25, 0.3) is 0 Å². The summed E-state index contributed by atoms with van der Waals surface area (Å²) in [6, 6.07) is 0.385. The van der Waals surface area contributed by atoms with Crippen LogP contribution < -0.4 is 10.6 Å². The normalized spacial score (nSPS) is 35.8. The average Bonchev–Trinajstić information content (AvgIpc) is 2.76. The molecule has 0 bridgehead atoms. The molecule has 1 aliphatic carbocycles. The molecule has 86 valence electrons. The summed E-state index contributed by atoms with van der Waals surface area (Å²) >= 11 is 0. The molecule has 0 spiro atoms. The first kappa shape index (κ1) is 10.9. The highest BCUT2D eigenvalue weighted by Crippen LogP contribution is 2.29. The molecule has 0 aromatic heterocycles. The van der Waals surface area contributed by atoms with Gasteiger partial charge in [-0.05, 0) is 37.6 Å². The van der Waals surface area contributed by atoms with Gasteiger partial charge in [-0.15, -0.1) is 0 Å². The van der Waals surface area contributed by atoms with E-state index in [9.17, 15) is 4.79 Å². The fraction of sp³-hybridized carbons (Fsp3) is 0.917. The first-order valence-electron chi connectivity index (χ1n) is 6.24.